The minimum atomic E-state index is 0.160. The average Bonchev–Trinajstić information content (AvgIpc) is 3.48. The summed E-state index contributed by atoms with van der Waals surface area (Å²) >= 11 is 3.31. The van der Waals surface area contributed by atoms with Crippen LogP contribution in [0, 0.1) is 0 Å². The van der Waals surface area contributed by atoms with Crippen LogP contribution in [0.3, 0.4) is 0 Å². The first-order chi connectivity index (χ1) is 17.1. The molecule has 1 saturated heterocycles. The van der Waals surface area contributed by atoms with Crippen LogP contribution in [0.1, 0.15) is 48.9 Å². The summed E-state index contributed by atoms with van der Waals surface area (Å²) in [6.45, 7) is 7.53. The fourth-order valence-corrected chi connectivity index (χ4v) is 7.31. The lowest BCUT2D eigenvalue weighted by atomic mass is 9.97. The molecule has 1 amide bonds. The van der Waals surface area contributed by atoms with E-state index in [9.17, 15) is 4.79 Å². The van der Waals surface area contributed by atoms with Gasteiger partial charge in [-0.2, -0.15) is 0 Å². The summed E-state index contributed by atoms with van der Waals surface area (Å²) in [5.41, 5.74) is 3.55. The Morgan fingerprint density at radius 2 is 1.83 bits per heavy atom. The topological polar surface area (TPSA) is 66.6 Å². The Hall–Kier alpha value is -2.65. The minimum Gasteiger partial charge on any atom is -0.368 e. The molecular formula is C26H30N6OS2. The standard InChI is InChI=1S/C26H30N6OS2/c1-17(2)23-27-25-22(19-10-6-7-11-20(19)35-25)24-28-29-26(32(23)24)34-16-21(33)31-14-12-30(13-15-31)18-8-4-3-5-9-18/h3-5,8-9,17H,6-7,10-16H2,1-2H3. The quantitative estimate of drug-likeness (QED) is 0.363. The van der Waals surface area contributed by atoms with Gasteiger partial charge in [0.25, 0.3) is 0 Å². The van der Waals surface area contributed by atoms with Crippen LogP contribution in [0.4, 0.5) is 5.69 Å². The van der Waals surface area contributed by atoms with E-state index in [1.54, 1.807) is 0 Å². The second kappa shape index (κ2) is 9.43. The molecule has 1 aliphatic heterocycles. The van der Waals surface area contributed by atoms with Crippen molar-refractivity contribution in [1.82, 2.24) is 24.5 Å². The summed E-state index contributed by atoms with van der Waals surface area (Å²) < 4.78 is 2.11. The van der Waals surface area contributed by atoms with Crippen molar-refractivity contribution in [2.75, 3.05) is 36.8 Å². The van der Waals surface area contributed by atoms with Crippen LogP contribution in [-0.2, 0) is 17.6 Å². The molecule has 0 unspecified atom stereocenters. The molecule has 3 aromatic heterocycles. The van der Waals surface area contributed by atoms with Crippen molar-refractivity contribution < 1.29 is 4.79 Å². The zero-order valence-corrected chi connectivity index (χ0v) is 21.9. The number of amides is 1. The summed E-state index contributed by atoms with van der Waals surface area (Å²) in [4.78, 5) is 25.0. The van der Waals surface area contributed by atoms with Gasteiger partial charge in [0.15, 0.2) is 10.8 Å². The molecule has 35 heavy (non-hydrogen) atoms. The SMILES string of the molecule is CC(C)c1nc2sc3c(c2c2nnc(SCC(=O)N4CCN(c5ccccc5)CC4)n12)CCCC3. The number of fused-ring (bicyclic) bond motifs is 5. The Morgan fingerprint density at radius 1 is 1.06 bits per heavy atom. The second-order valence-electron chi connectivity index (χ2n) is 9.65. The number of aryl methyl sites for hydroxylation is 2. The lowest BCUT2D eigenvalue weighted by Gasteiger charge is -2.36. The van der Waals surface area contributed by atoms with E-state index >= 15 is 0 Å². The molecule has 0 saturated carbocycles. The van der Waals surface area contributed by atoms with Gasteiger partial charge in [-0.25, -0.2) is 4.98 Å². The Morgan fingerprint density at radius 3 is 2.60 bits per heavy atom. The molecule has 1 aromatic carbocycles. The van der Waals surface area contributed by atoms with E-state index in [0.717, 1.165) is 60.5 Å². The third-order valence-electron chi connectivity index (χ3n) is 7.05. The fourth-order valence-electron chi connectivity index (χ4n) is 5.20. The van der Waals surface area contributed by atoms with E-state index in [1.807, 2.05) is 22.3 Å². The number of thiophene rings is 1. The van der Waals surface area contributed by atoms with Crippen LogP contribution in [0.2, 0.25) is 0 Å². The first kappa shape index (κ1) is 22.8. The molecule has 1 fully saturated rings. The van der Waals surface area contributed by atoms with Crippen molar-refractivity contribution in [2.45, 2.75) is 50.6 Å². The summed E-state index contributed by atoms with van der Waals surface area (Å²) in [6, 6.07) is 10.4. The van der Waals surface area contributed by atoms with Crippen molar-refractivity contribution in [1.29, 1.82) is 0 Å². The molecule has 182 valence electrons. The van der Waals surface area contributed by atoms with Gasteiger partial charge < -0.3 is 9.80 Å². The number of nitrogens with zero attached hydrogens (tertiary/aromatic N) is 6. The number of anilines is 1. The highest BCUT2D eigenvalue weighted by Gasteiger charge is 2.26. The van der Waals surface area contributed by atoms with Crippen LogP contribution in [0.5, 0.6) is 0 Å². The largest absolute Gasteiger partial charge is 0.368 e. The van der Waals surface area contributed by atoms with Crippen molar-refractivity contribution in [2.24, 2.45) is 0 Å². The zero-order chi connectivity index (χ0) is 23.9. The van der Waals surface area contributed by atoms with Gasteiger partial charge in [-0.15, -0.1) is 21.5 Å². The van der Waals surface area contributed by atoms with Crippen LogP contribution >= 0.6 is 23.1 Å². The number of carbonyl (C=O) groups excluding carboxylic acids is 1. The Balaban J connectivity index is 1.21. The van der Waals surface area contributed by atoms with Crippen molar-refractivity contribution >= 4 is 50.6 Å². The maximum Gasteiger partial charge on any atom is 0.233 e. The molecule has 0 radical (unpaired) electrons. The maximum absolute atomic E-state index is 13.1. The molecule has 6 rings (SSSR count). The van der Waals surface area contributed by atoms with Gasteiger partial charge >= 0.3 is 0 Å². The molecule has 0 bridgehead atoms. The van der Waals surface area contributed by atoms with E-state index < -0.39 is 0 Å². The smallest absolute Gasteiger partial charge is 0.233 e. The second-order valence-corrected chi connectivity index (χ2v) is 11.7. The first-order valence-corrected chi connectivity index (χ1v) is 14.3. The highest BCUT2D eigenvalue weighted by molar-refractivity contribution is 7.99. The van der Waals surface area contributed by atoms with E-state index in [1.165, 1.54) is 46.1 Å². The molecule has 2 aliphatic rings. The monoisotopic (exact) mass is 506 g/mol. The highest BCUT2D eigenvalue weighted by Crippen LogP contribution is 2.39. The Kier molecular flexibility index (Phi) is 6.14. The summed E-state index contributed by atoms with van der Waals surface area (Å²) in [6.07, 6.45) is 4.71. The minimum absolute atomic E-state index is 0.160. The number of piperazine rings is 1. The predicted molar refractivity (Wildman–Crippen MR) is 143 cm³/mol. The number of thioether (sulfide) groups is 1. The van der Waals surface area contributed by atoms with Gasteiger partial charge in [0.05, 0.1) is 11.1 Å². The molecule has 4 heterocycles. The molecule has 9 heteroatoms. The van der Waals surface area contributed by atoms with Gasteiger partial charge in [-0.1, -0.05) is 43.8 Å². The zero-order valence-electron chi connectivity index (χ0n) is 20.2. The van der Waals surface area contributed by atoms with Crippen LogP contribution in [0.15, 0.2) is 35.5 Å². The van der Waals surface area contributed by atoms with Crippen LogP contribution in [-0.4, -0.2) is 62.3 Å². The molecule has 0 N–H and O–H groups in total. The number of aromatic nitrogens is 4. The van der Waals surface area contributed by atoms with Crippen LogP contribution in [0.25, 0.3) is 15.9 Å². The molecule has 0 spiro atoms. The van der Waals surface area contributed by atoms with Gasteiger partial charge in [-0.05, 0) is 43.4 Å². The normalized spacial score (nSPS) is 16.4. The lowest BCUT2D eigenvalue weighted by Crippen LogP contribution is -2.49. The number of rotatable bonds is 5. The Labute approximate surface area is 213 Å². The molecule has 7 nitrogen and oxygen atoms in total. The van der Waals surface area contributed by atoms with E-state index in [0.29, 0.717) is 5.75 Å². The van der Waals surface area contributed by atoms with E-state index in [4.69, 9.17) is 4.98 Å². The third-order valence-corrected chi connectivity index (χ3v) is 9.15. The average molecular weight is 507 g/mol. The highest BCUT2D eigenvalue weighted by atomic mass is 32.2. The van der Waals surface area contributed by atoms with Gasteiger partial charge in [0.2, 0.25) is 5.91 Å². The fraction of sp³-hybridized carbons (Fsp3) is 0.462. The summed E-state index contributed by atoms with van der Waals surface area (Å²) in [7, 11) is 0. The van der Waals surface area contributed by atoms with Crippen molar-refractivity contribution in [3.8, 4) is 0 Å². The van der Waals surface area contributed by atoms with Crippen LogP contribution < -0.4 is 4.90 Å². The lowest BCUT2D eigenvalue weighted by molar-refractivity contribution is -0.128. The van der Waals surface area contributed by atoms with Gasteiger partial charge in [0.1, 0.15) is 10.7 Å². The number of para-hydroxylation sites is 1. The van der Waals surface area contributed by atoms with E-state index in [2.05, 4.69) is 57.6 Å². The summed E-state index contributed by atoms with van der Waals surface area (Å²) in [5.74, 6) is 1.73. The number of hydrogen-bond donors (Lipinski definition) is 0. The molecule has 1 aliphatic carbocycles. The maximum atomic E-state index is 13.1. The summed E-state index contributed by atoms with van der Waals surface area (Å²) in [5, 5.41) is 11.1. The van der Waals surface area contributed by atoms with Crippen molar-refractivity contribution in [3.63, 3.8) is 0 Å². The number of carbonyl (C=O) groups is 1. The van der Waals surface area contributed by atoms with Gasteiger partial charge in [-0.3, -0.25) is 9.20 Å². The first-order valence-electron chi connectivity index (χ1n) is 12.5. The predicted octanol–water partition coefficient (Wildman–Crippen LogP) is 4.78. The van der Waals surface area contributed by atoms with Crippen molar-refractivity contribution in [3.05, 3.63) is 46.6 Å². The Bertz CT molecular complexity index is 1370. The molecular weight excluding hydrogens is 476 g/mol. The molecule has 4 aromatic rings. The molecule has 0 atom stereocenters. The van der Waals surface area contributed by atoms with Gasteiger partial charge in [0, 0.05) is 42.7 Å². The van der Waals surface area contributed by atoms with E-state index in [-0.39, 0.29) is 11.8 Å². The number of hydrogen-bond acceptors (Lipinski definition) is 7. The third kappa shape index (κ3) is 4.18. The number of benzene rings is 1.